The van der Waals surface area contributed by atoms with Gasteiger partial charge in [-0.2, -0.15) is 31.4 Å². The largest absolute Gasteiger partial charge is 0.451 e. The second-order valence-corrected chi connectivity index (χ2v) is 9.19. The summed E-state index contributed by atoms with van der Waals surface area (Å²) in [5.41, 5.74) is -0.241. The highest BCUT2D eigenvalue weighted by atomic mass is 32.1. The Hall–Kier alpha value is -3.30. The van der Waals surface area contributed by atoms with Crippen LogP contribution in [-0.4, -0.2) is 66.2 Å². The maximum atomic E-state index is 13.5. The minimum absolute atomic E-state index is 0.0239. The molecule has 1 aliphatic heterocycles. The van der Waals surface area contributed by atoms with Gasteiger partial charge >= 0.3 is 12.4 Å². The van der Waals surface area contributed by atoms with Crippen LogP contribution in [0.15, 0.2) is 12.4 Å². The van der Waals surface area contributed by atoms with E-state index in [0.717, 1.165) is 12.4 Å². The van der Waals surface area contributed by atoms with E-state index in [0.29, 0.717) is 23.0 Å². The van der Waals surface area contributed by atoms with E-state index >= 15 is 0 Å². The third-order valence-corrected chi connectivity index (χ3v) is 6.67. The number of carbonyl (C=O) groups excluding carboxylic acids is 1. The standard InChI is InChI=1S/C20H20F6N8OS/c1-10-8-32(4-5-33(10)14(35)9-34-12(3)29-11(2)31-34)16-15(30-18(36-16)20(24,25)26)13-6-27-17(28-7-13)19(21,22)23/h6-7,10H,4-5,8-9H2,1-3H3. The normalized spacial score (nSPS) is 17.1. The van der Waals surface area contributed by atoms with Crippen molar-refractivity contribution in [2.45, 2.75) is 45.7 Å². The van der Waals surface area contributed by atoms with Gasteiger partial charge in [0.15, 0.2) is 0 Å². The number of hydrogen-bond donors (Lipinski definition) is 0. The van der Waals surface area contributed by atoms with E-state index in [1.807, 2.05) is 0 Å². The molecule has 1 amide bonds. The number of thiazole rings is 1. The van der Waals surface area contributed by atoms with E-state index < -0.39 is 23.2 Å². The summed E-state index contributed by atoms with van der Waals surface area (Å²) in [6.45, 7) is 5.77. The van der Waals surface area contributed by atoms with Gasteiger partial charge in [0.25, 0.3) is 0 Å². The summed E-state index contributed by atoms with van der Waals surface area (Å²) in [4.78, 5) is 30.4. The summed E-state index contributed by atoms with van der Waals surface area (Å²) < 4.78 is 80.3. The average Bonchev–Trinajstić information content (AvgIpc) is 3.36. The van der Waals surface area contributed by atoms with Crippen molar-refractivity contribution in [2.75, 3.05) is 24.5 Å². The zero-order valence-corrected chi connectivity index (χ0v) is 20.0. The van der Waals surface area contributed by atoms with Crippen LogP contribution in [-0.2, 0) is 23.7 Å². The number of aromatic nitrogens is 6. The first-order valence-electron chi connectivity index (χ1n) is 10.6. The molecular weight excluding hydrogens is 514 g/mol. The first-order valence-corrected chi connectivity index (χ1v) is 11.5. The third kappa shape index (κ3) is 5.27. The fourth-order valence-electron chi connectivity index (χ4n) is 3.87. The summed E-state index contributed by atoms with van der Waals surface area (Å²) in [5, 5.41) is 3.15. The number of rotatable bonds is 4. The van der Waals surface area contributed by atoms with Crippen molar-refractivity contribution < 1.29 is 31.1 Å². The maximum absolute atomic E-state index is 13.5. The number of amides is 1. The number of nitrogens with zero attached hydrogens (tertiary/aromatic N) is 8. The van der Waals surface area contributed by atoms with Gasteiger partial charge in [0.1, 0.15) is 28.9 Å². The Morgan fingerprint density at radius 3 is 2.25 bits per heavy atom. The van der Waals surface area contributed by atoms with Gasteiger partial charge in [-0.15, -0.1) is 0 Å². The van der Waals surface area contributed by atoms with Crippen LogP contribution in [0.1, 0.15) is 29.4 Å². The minimum Gasteiger partial charge on any atom is -0.358 e. The van der Waals surface area contributed by atoms with Gasteiger partial charge in [0, 0.05) is 43.6 Å². The summed E-state index contributed by atoms with van der Waals surface area (Å²) in [6.07, 6.45) is -7.93. The monoisotopic (exact) mass is 534 g/mol. The highest BCUT2D eigenvalue weighted by Gasteiger charge is 2.39. The predicted octanol–water partition coefficient (Wildman–Crippen LogP) is 3.58. The van der Waals surface area contributed by atoms with Gasteiger partial charge in [-0.25, -0.2) is 24.6 Å². The molecule has 9 nitrogen and oxygen atoms in total. The van der Waals surface area contributed by atoms with Gasteiger partial charge < -0.3 is 9.80 Å². The Morgan fingerprint density at radius 1 is 1.06 bits per heavy atom. The highest BCUT2D eigenvalue weighted by molar-refractivity contribution is 7.16. The fraction of sp³-hybridized carbons (Fsp3) is 0.500. The van der Waals surface area contributed by atoms with Crippen molar-refractivity contribution in [1.82, 2.24) is 34.6 Å². The number of alkyl halides is 6. The van der Waals surface area contributed by atoms with Crippen LogP contribution in [0.3, 0.4) is 0 Å². The molecule has 1 atom stereocenters. The average molecular weight is 534 g/mol. The van der Waals surface area contributed by atoms with Crippen LogP contribution in [0.2, 0.25) is 0 Å². The molecule has 1 aliphatic rings. The number of hydrogen-bond acceptors (Lipinski definition) is 8. The summed E-state index contributed by atoms with van der Waals surface area (Å²) in [7, 11) is 0. The molecule has 1 unspecified atom stereocenters. The van der Waals surface area contributed by atoms with E-state index in [4.69, 9.17) is 0 Å². The topological polar surface area (TPSA) is 92.9 Å². The molecule has 3 aromatic rings. The van der Waals surface area contributed by atoms with Crippen LogP contribution in [0.4, 0.5) is 31.3 Å². The molecule has 1 fully saturated rings. The molecule has 194 valence electrons. The number of halogens is 6. The summed E-state index contributed by atoms with van der Waals surface area (Å²) in [6, 6.07) is -0.371. The first-order chi connectivity index (χ1) is 16.7. The molecule has 0 bridgehead atoms. The van der Waals surface area contributed by atoms with Crippen molar-refractivity contribution in [3.63, 3.8) is 0 Å². The van der Waals surface area contributed by atoms with Crippen LogP contribution in [0.5, 0.6) is 0 Å². The Balaban J connectivity index is 1.57. The van der Waals surface area contributed by atoms with Crippen molar-refractivity contribution in [3.05, 3.63) is 34.9 Å². The fourth-order valence-corrected chi connectivity index (χ4v) is 4.87. The van der Waals surface area contributed by atoms with Gasteiger partial charge in [0.05, 0.1) is 0 Å². The Bertz CT molecular complexity index is 1250. The number of piperazine rings is 1. The molecule has 0 N–H and O–H groups in total. The molecule has 4 heterocycles. The lowest BCUT2D eigenvalue weighted by Gasteiger charge is -2.40. The maximum Gasteiger partial charge on any atom is 0.451 e. The molecule has 1 saturated heterocycles. The zero-order valence-electron chi connectivity index (χ0n) is 19.2. The van der Waals surface area contributed by atoms with E-state index in [1.165, 1.54) is 4.68 Å². The highest BCUT2D eigenvalue weighted by Crippen LogP contribution is 2.43. The number of carbonyl (C=O) groups is 1. The van der Waals surface area contributed by atoms with Crippen LogP contribution < -0.4 is 4.90 Å². The molecule has 0 spiro atoms. The zero-order chi connectivity index (χ0) is 26.4. The second-order valence-electron chi connectivity index (χ2n) is 8.21. The van der Waals surface area contributed by atoms with Gasteiger partial charge in [-0.3, -0.25) is 4.79 Å². The number of aryl methyl sites for hydroxylation is 2. The van der Waals surface area contributed by atoms with Gasteiger partial charge in [0.2, 0.25) is 16.7 Å². The van der Waals surface area contributed by atoms with Crippen LogP contribution in [0, 0.1) is 13.8 Å². The molecule has 0 radical (unpaired) electrons. The smallest absolute Gasteiger partial charge is 0.358 e. The molecule has 0 aromatic carbocycles. The van der Waals surface area contributed by atoms with Crippen molar-refractivity contribution >= 4 is 22.2 Å². The van der Waals surface area contributed by atoms with E-state index in [9.17, 15) is 31.1 Å². The SMILES string of the molecule is Cc1nc(C)n(CC(=O)N2CCN(c3sc(C(F)(F)F)nc3-c3cnc(C(F)(F)F)nc3)CC2C)n1. The lowest BCUT2D eigenvalue weighted by atomic mass is 10.1. The van der Waals surface area contributed by atoms with Crippen molar-refractivity contribution in [2.24, 2.45) is 0 Å². The molecule has 36 heavy (non-hydrogen) atoms. The molecular formula is C20H20F6N8OS. The van der Waals surface area contributed by atoms with E-state index in [-0.39, 0.29) is 54.4 Å². The van der Waals surface area contributed by atoms with Crippen LogP contribution >= 0.6 is 11.3 Å². The Morgan fingerprint density at radius 2 is 1.72 bits per heavy atom. The predicted molar refractivity (Wildman–Crippen MR) is 116 cm³/mol. The second kappa shape index (κ2) is 9.29. The van der Waals surface area contributed by atoms with E-state index in [2.05, 4.69) is 25.0 Å². The Kier molecular flexibility index (Phi) is 6.66. The third-order valence-electron chi connectivity index (χ3n) is 5.51. The quantitative estimate of drug-likeness (QED) is 0.473. The Labute approximate surface area is 204 Å². The first kappa shape index (κ1) is 25.8. The van der Waals surface area contributed by atoms with Crippen molar-refractivity contribution in [1.29, 1.82) is 0 Å². The minimum atomic E-state index is -4.79. The lowest BCUT2D eigenvalue weighted by Crippen LogP contribution is -2.54. The molecule has 16 heteroatoms. The lowest BCUT2D eigenvalue weighted by molar-refractivity contribution is -0.145. The molecule has 0 aliphatic carbocycles. The van der Waals surface area contributed by atoms with Gasteiger partial charge in [-0.1, -0.05) is 11.3 Å². The van der Waals surface area contributed by atoms with E-state index in [1.54, 1.807) is 30.6 Å². The number of anilines is 1. The summed E-state index contributed by atoms with van der Waals surface area (Å²) >= 11 is 0.383. The van der Waals surface area contributed by atoms with Crippen molar-refractivity contribution in [3.8, 4) is 11.3 Å². The van der Waals surface area contributed by atoms with Gasteiger partial charge in [-0.05, 0) is 20.8 Å². The summed E-state index contributed by atoms with van der Waals surface area (Å²) in [5.74, 6) is -0.507. The molecule has 0 saturated carbocycles. The van der Waals surface area contributed by atoms with Crippen LogP contribution in [0.25, 0.3) is 11.3 Å². The molecule has 3 aromatic heterocycles. The molecule has 4 rings (SSSR count).